The van der Waals surface area contributed by atoms with Crippen LogP contribution >= 0.6 is 0 Å². The first-order valence-electron chi connectivity index (χ1n) is 6.55. The molecule has 0 spiro atoms. The zero-order chi connectivity index (χ0) is 15.1. The van der Waals surface area contributed by atoms with Crippen LogP contribution in [0.25, 0.3) is 0 Å². The molecular formula is C14H22N4O2. The van der Waals surface area contributed by atoms with Crippen molar-refractivity contribution in [3.8, 4) is 0 Å². The monoisotopic (exact) mass is 278 g/mol. The van der Waals surface area contributed by atoms with E-state index in [0.29, 0.717) is 5.69 Å². The number of anilines is 1. The lowest BCUT2D eigenvalue weighted by molar-refractivity contribution is -0.118. The number of nitrogens with two attached hydrogens (primary N) is 1. The Morgan fingerprint density at radius 3 is 2.30 bits per heavy atom. The van der Waals surface area contributed by atoms with E-state index in [1.165, 1.54) is 0 Å². The zero-order valence-corrected chi connectivity index (χ0v) is 12.1. The first-order valence-corrected chi connectivity index (χ1v) is 6.55. The van der Waals surface area contributed by atoms with Gasteiger partial charge in [-0.15, -0.1) is 0 Å². The number of urea groups is 1. The van der Waals surface area contributed by atoms with Crippen molar-refractivity contribution < 1.29 is 9.59 Å². The molecule has 0 aromatic heterocycles. The second-order valence-electron chi connectivity index (χ2n) is 4.80. The van der Waals surface area contributed by atoms with E-state index in [1.807, 2.05) is 31.3 Å². The van der Waals surface area contributed by atoms with E-state index in [1.54, 1.807) is 6.92 Å². The summed E-state index contributed by atoms with van der Waals surface area (Å²) in [6, 6.07) is 7.17. The van der Waals surface area contributed by atoms with Crippen LogP contribution in [-0.4, -0.2) is 25.0 Å². The maximum Gasteiger partial charge on any atom is 0.319 e. The SMILES string of the molecule is CNC(C)c1ccc(NC(=O)NC(C)CC(N)=O)cc1. The lowest BCUT2D eigenvalue weighted by atomic mass is 10.1. The second-order valence-corrected chi connectivity index (χ2v) is 4.80. The highest BCUT2D eigenvalue weighted by atomic mass is 16.2. The van der Waals surface area contributed by atoms with Gasteiger partial charge in [0, 0.05) is 24.2 Å². The number of benzene rings is 1. The van der Waals surface area contributed by atoms with Crippen LogP contribution in [0.15, 0.2) is 24.3 Å². The van der Waals surface area contributed by atoms with E-state index in [4.69, 9.17) is 5.73 Å². The molecule has 0 aliphatic heterocycles. The first-order chi connectivity index (χ1) is 9.42. The summed E-state index contributed by atoms with van der Waals surface area (Å²) < 4.78 is 0. The van der Waals surface area contributed by atoms with Crippen LogP contribution in [0.4, 0.5) is 10.5 Å². The van der Waals surface area contributed by atoms with Gasteiger partial charge in [0.1, 0.15) is 0 Å². The summed E-state index contributed by atoms with van der Waals surface area (Å²) in [5.41, 5.74) is 6.90. The number of carbonyl (C=O) groups is 2. The molecule has 2 unspecified atom stereocenters. The third kappa shape index (κ3) is 5.27. The molecule has 20 heavy (non-hydrogen) atoms. The predicted molar refractivity (Wildman–Crippen MR) is 79.3 cm³/mol. The van der Waals surface area contributed by atoms with Gasteiger partial charge >= 0.3 is 6.03 Å². The predicted octanol–water partition coefficient (Wildman–Crippen LogP) is 1.35. The van der Waals surface area contributed by atoms with Gasteiger partial charge in [-0.2, -0.15) is 0 Å². The molecule has 110 valence electrons. The molecule has 0 bridgehead atoms. The van der Waals surface area contributed by atoms with Crippen molar-refractivity contribution in [3.63, 3.8) is 0 Å². The molecule has 1 aromatic rings. The summed E-state index contributed by atoms with van der Waals surface area (Å²) >= 11 is 0. The maximum absolute atomic E-state index is 11.7. The number of hydrogen-bond donors (Lipinski definition) is 4. The summed E-state index contributed by atoms with van der Waals surface area (Å²) in [6.45, 7) is 3.78. The molecular weight excluding hydrogens is 256 g/mol. The molecule has 0 heterocycles. The van der Waals surface area contributed by atoms with Crippen LogP contribution in [0.3, 0.4) is 0 Å². The van der Waals surface area contributed by atoms with Gasteiger partial charge in [0.15, 0.2) is 0 Å². The van der Waals surface area contributed by atoms with Gasteiger partial charge in [-0.1, -0.05) is 12.1 Å². The highest BCUT2D eigenvalue weighted by molar-refractivity contribution is 5.89. The molecule has 0 saturated heterocycles. The Hall–Kier alpha value is -2.08. The van der Waals surface area contributed by atoms with E-state index >= 15 is 0 Å². The highest BCUT2D eigenvalue weighted by Gasteiger charge is 2.10. The van der Waals surface area contributed by atoms with Crippen LogP contribution in [0.2, 0.25) is 0 Å². The molecule has 3 amide bonds. The Morgan fingerprint density at radius 2 is 1.80 bits per heavy atom. The van der Waals surface area contributed by atoms with Crippen molar-refractivity contribution in [2.24, 2.45) is 5.73 Å². The van der Waals surface area contributed by atoms with Crippen molar-refractivity contribution in [2.45, 2.75) is 32.4 Å². The topological polar surface area (TPSA) is 96.2 Å². The molecule has 0 radical (unpaired) electrons. The third-order valence-corrected chi connectivity index (χ3v) is 2.99. The summed E-state index contributed by atoms with van der Waals surface area (Å²) in [7, 11) is 1.89. The Bertz CT molecular complexity index is 459. The van der Waals surface area contributed by atoms with Crippen molar-refractivity contribution >= 4 is 17.6 Å². The van der Waals surface area contributed by atoms with Crippen LogP contribution in [0.5, 0.6) is 0 Å². The largest absolute Gasteiger partial charge is 0.370 e. The zero-order valence-electron chi connectivity index (χ0n) is 12.1. The maximum atomic E-state index is 11.7. The Kier molecular flexibility index (Phi) is 5.99. The van der Waals surface area contributed by atoms with Crippen molar-refractivity contribution in [1.82, 2.24) is 10.6 Å². The van der Waals surface area contributed by atoms with Gasteiger partial charge in [0.25, 0.3) is 0 Å². The Balaban J connectivity index is 2.52. The second kappa shape index (κ2) is 7.49. The molecule has 5 N–H and O–H groups in total. The van der Waals surface area contributed by atoms with Crippen LogP contribution in [0.1, 0.15) is 31.9 Å². The quantitative estimate of drug-likeness (QED) is 0.632. The number of rotatable bonds is 6. The van der Waals surface area contributed by atoms with E-state index in [9.17, 15) is 9.59 Å². The summed E-state index contributed by atoms with van der Waals surface area (Å²) in [6.07, 6.45) is 0.117. The Morgan fingerprint density at radius 1 is 1.20 bits per heavy atom. The number of hydrogen-bond acceptors (Lipinski definition) is 3. The van der Waals surface area contributed by atoms with Crippen LogP contribution in [0, 0.1) is 0 Å². The molecule has 0 saturated carbocycles. The summed E-state index contributed by atoms with van der Waals surface area (Å²) in [5, 5.41) is 8.49. The molecule has 6 heteroatoms. The standard InChI is InChI=1S/C14H22N4O2/c1-9(8-13(15)19)17-14(20)18-12-6-4-11(5-7-12)10(2)16-3/h4-7,9-10,16H,8H2,1-3H3,(H2,15,19)(H2,17,18,20). The molecule has 2 atom stereocenters. The number of nitrogens with one attached hydrogen (secondary N) is 3. The number of primary amides is 1. The smallest absolute Gasteiger partial charge is 0.319 e. The van der Waals surface area contributed by atoms with E-state index in [0.717, 1.165) is 5.56 Å². The van der Waals surface area contributed by atoms with Crippen molar-refractivity contribution in [2.75, 3.05) is 12.4 Å². The molecule has 1 rings (SSSR count). The minimum atomic E-state index is -0.441. The van der Waals surface area contributed by atoms with E-state index in [2.05, 4.69) is 22.9 Å². The average Bonchev–Trinajstić information content (AvgIpc) is 2.37. The summed E-state index contributed by atoms with van der Waals surface area (Å²) in [4.78, 5) is 22.4. The van der Waals surface area contributed by atoms with Crippen molar-refractivity contribution in [3.05, 3.63) is 29.8 Å². The molecule has 0 aliphatic carbocycles. The minimum absolute atomic E-state index is 0.117. The molecule has 0 fully saturated rings. The fourth-order valence-electron chi connectivity index (χ4n) is 1.77. The van der Waals surface area contributed by atoms with Gasteiger partial charge in [0.2, 0.25) is 5.91 Å². The Labute approximate surface area is 119 Å². The average molecular weight is 278 g/mol. The normalized spacial score (nSPS) is 13.3. The van der Waals surface area contributed by atoms with Gasteiger partial charge < -0.3 is 21.7 Å². The minimum Gasteiger partial charge on any atom is -0.370 e. The first kappa shape index (κ1) is 16.0. The third-order valence-electron chi connectivity index (χ3n) is 2.99. The number of amides is 3. The number of carbonyl (C=O) groups excluding carboxylic acids is 2. The molecule has 0 aliphatic rings. The van der Waals surface area contributed by atoms with Crippen LogP contribution < -0.4 is 21.7 Å². The van der Waals surface area contributed by atoms with E-state index in [-0.39, 0.29) is 24.5 Å². The van der Waals surface area contributed by atoms with Gasteiger partial charge in [-0.25, -0.2) is 4.79 Å². The fraction of sp³-hybridized carbons (Fsp3) is 0.429. The van der Waals surface area contributed by atoms with Crippen molar-refractivity contribution in [1.29, 1.82) is 0 Å². The lowest BCUT2D eigenvalue weighted by Gasteiger charge is -2.14. The summed E-state index contributed by atoms with van der Waals surface area (Å²) in [5.74, 6) is -0.441. The van der Waals surface area contributed by atoms with Gasteiger partial charge in [-0.05, 0) is 38.6 Å². The van der Waals surface area contributed by atoms with Gasteiger partial charge in [-0.3, -0.25) is 4.79 Å². The van der Waals surface area contributed by atoms with Crippen LogP contribution in [-0.2, 0) is 4.79 Å². The highest BCUT2D eigenvalue weighted by Crippen LogP contribution is 2.15. The molecule has 1 aromatic carbocycles. The van der Waals surface area contributed by atoms with Gasteiger partial charge in [0.05, 0.1) is 0 Å². The molecule has 6 nitrogen and oxygen atoms in total. The van der Waals surface area contributed by atoms with E-state index < -0.39 is 5.91 Å². The lowest BCUT2D eigenvalue weighted by Crippen LogP contribution is -2.38. The fourth-order valence-corrected chi connectivity index (χ4v) is 1.77.